The van der Waals surface area contributed by atoms with Crippen LogP contribution < -0.4 is 10.1 Å². The van der Waals surface area contributed by atoms with Crippen molar-refractivity contribution >= 4 is 0 Å². The Labute approximate surface area is 192 Å². The maximum absolute atomic E-state index is 10.2. The SMILES string of the molecule is COc1ccccc1CCCCOCCCCCCNCC(O)c1ccc(O)c(CO)c1. The van der Waals surface area contributed by atoms with Crippen molar-refractivity contribution in [1.82, 2.24) is 5.32 Å². The monoisotopic (exact) mass is 445 g/mol. The van der Waals surface area contributed by atoms with Crippen LogP contribution in [0.3, 0.4) is 0 Å². The summed E-state index contributed by atoms with van der Waals surface area (Å²) >= 11 is 0. The molecule has 1 atom stereocenters. The Morgan fingerprint density at radius 3 is 2.44 bits per heavy atom. The Bertz CT molecular complexity index is 768. The van der Waals surface area contributed by atoms with Crippen molar-refractivity contribution in [3.8, 4) is 11.5 Å². The van der Waals surface area contributed by atoms with Gasteiger partial charge in [0.2, 0.25) is 0 Å². The molecule has 0 amide bonds. The van der Waals surface area contributed by atoms with Crippen LogP contribution in [0.2, 0.25) is 0 Å². The molecular formula is C26H39NO5. The molecule has 0 aliphatic heterocycles. The minimum absolute atomic E-state index is 0.0493. The van der Waals surface area contributed by atoms with Gasteiger partial charge in [-0.2, -0.15) is 0 Å². The van der Waals surface area contributed by atoms with Crippen LogP contribution in [0.15, 0.2) is 42.5 Å². The second-order valence-corrected chi connectivity index (χ2v) is 8.06. The molecule has 1 unspecified atom stereocenters. The first-order chi connectivity index (χ1) is 15.7. The summed E-state index contributed by atoms with van der Waals surface area (Å²) in [5, 5.41) is 32.3. The zero-order chi connectivity index (χ0) is 23.0. The third-order valence-corrected chi connectivity index (χ3v) is 5.57. The van der Waals surface area contributed by atoms with Crippen LogP contribution in [-0.4, -0.2) is 48.7 Å². The molecule has 0 spiro atoms. The Kier molecular flexibility index (Phi) is 12.8. The largest absolute Gasteiger partial charge is 0.508 e. The van der Waals surface area contributed by atoms with Crippen LogP contribution in [0, 0.1) is 0 Å². The number of ether oxygens (including phenoxy) is 2. The number of phenols is 1. The number of hydrogen-bond donors (Lipinski definition) is 4. The fourth-order valence-electron chi connectivity index (χ4n) is 3.63. The fraction of sp³-hybridized carbons (Fsp3) is 0.538. The van der Waals surface area contributed by atoms with Gasteiger partial charge in [-0.15, -0.1) is 0 Å². The Hall–Kier alpha value is -2.12. The number of rotatable bonds is 17. The van der Waals surface area contributed by atoms with Crippen LogP contribution in [-0.2, 0) is 17.8 Å². The van der Waals surface area contributed by atoms with Gasteiger partial charge in [0, 0.05) is 25.3 Å². The molecule has 4 N–H and O–H groups in total. The molecule has 0 fully saturated rings. The van der Waals surface area contributed by atoms with E-state index in [9.17, 15) is 15.3 Å². The number of aliphatic hydroxyl groups excluding tert-OH is 2. The van der Waals surface area contributed by atoms with Gasteiger partial charge in [0.25, 0.3) is 0 Å². The van der Waals surface area contributed by atoms with E-state index in [1.807, 2.05) is 12.1 Å². The van der Waals surface area contributed by atoms with Crippen LogP contribution in [0.4, 0.5) is 0 Å². The van der Waals surface area contributed by atoms with Gasteiger partial charge in [-0.3, -0.25) is 0 Å². The summed E-state index contributed by atoms with van der Waals surface area (Å²) in [6, 6.07) is 13.0. The lowest BCUT2D eigenvalue weighted by Gasteiger charge is -2.14. The molecule has 0 aromatic heterocycles. The maximum atomic E-state index is 10.2. The van der Waals surface area contributed by atoms with E-state index in [0.717, 1.165) is 70.5 Å². The molecule has 0 aliphatic carbocycles. The highest BCUT2D eigenvalue weighted by Crippen LogP contribution is 2.22. The molecule has 6 heteroatoms. The van der Waals surface area contributed by atoms with Crippen molar-refractivity contribution in [3.63, 3.8) is 0 Å². The summed E-state index contributed by atoms with van der Waals surface area (Å²) in [5.74, 6) is 1.02. The van der Waals surface area contributed by atoms with Gasteiger partial charge >= 0.3 is 0 Å². The minimum Gasteiger partial charge on any atom is -0.508 e. The molecule has 0 bridgehead atoms. The van der Waals surface area contributed by atoms with Gasteiger partial charge in [0.1, 0.15) is 11.5 Å². The molecule has 2 rings (SSSR count). The van der Waals surface area contributed by atoms with E-state index in [-0.39, 0.29) is 12.4 Å². The molecular weight excluding hydrogens is 406 g/mol. The number of para-hydroxylation sites is 1. The summed E-state index contributed by atoms with van der Waals surface area (Å²) in [5.41, 5.74) is 2.38. The number of aromatic hydroxyl groups is 1. The van der Waals surface area contributed by atoms with Crippen molar-refractivity contribution in [2.45, 2.75) is 57.7 Å². The topological polar surface area (TPSA) is 91.2 Å². The second-order valence-electron chi connectivity index (χ2n) is 8.06. The maximum Gasteiger partial charge on any atom is 0.122 e. The highest BCUT2D eigenvalue weighted by atomic mass is 16.5. The molecule has 0 heterocycles. The lowest BCUT2D eigenvalue weighted by Crippen LogP contribution is -2.22. The summed E-state index contributed by atoms with van der Waals surface area (Å²) in [6.07, 6.45) is 6.93. The normalized spacial score (nSPS) is 12.1. The van der Waals surface area contributed by atoms with Crippen LogP contribution in [0.5, 0.6) is 11.5 Å². The average Bonchev–Trinajstić information content (AvgIpc) is 2.82. The molecule has 178 valence electrons. The molecule has 6 nitrogen and oxygen atoms in total. The number of hydrogen-bond acceptors (Lipinski definition) is 6. The van der Waals surface area contributed by atoms with Crippen molar-refractivity contribution in [2.24, 2.45) is 0 Å². The van der Waals surface area contributed by atoms with E-state index >= 15 is 0 Å². The standard InChI is InChI=1S/C26H39NO5/c1-31-26-12-5-4-10-21(26)11-6-9-17-32-16-8-3-2-7-15-27-19-25(30)22-13-14-24(29)23(18-22)20-28/h4-5,10,12-14,18,25,27-30H,2-3,6-9,11,15-17,19-20H2,1H3. The smallest absolute Gasteiger partial charge is 0.122 e. The predicted octanol–water partition coefficient (Wildman–Crippen LogP) is 4.12. The number of aryl methyl sites for hydroxylation is 1. The van der Waals surface area contributed by atoms with Gasteiger partial charge < -0.3 is 30.1 Å². The summed E-state index contributed by atoms with van der Waals surface area (Å²) in [7, 11) is 1.72. The highest BCUT2D eigenvalue weighted by Gasteiger charge is 2.09. The van der Waals surface area contributed by atoms with Crippen molar-refractivity contribution in [2.75, 3.05) is 33.4 Å². The van der Waals surface area contributed by atoms with E-state index in [1.54, 1.807) is 19.2 Å². The number of methoxy groups -OCH3 is 1. The molecule has 32 heavy (non-hydrogen) atoms. The zero-order valence-corrected chi connectivity index (χ0v) is 19.3. The molecule has 0 aliphatic rings. The number of nitrogens with one attached hydrogen (secondary N) is 1. The van der Waals surface area contributed by atoms with E-state index in [4.69, 9.17) is 9.47 Å². The first kappa shape index (κ1) is 26.1. The first-order valence-corrected chi connectivity index (χ1v) is 11.7. The average molecular weight is 446 g/mol. The van der Waals surface area contributed by atoms with Gasteiger partial charge in [-0.1, -0.05) is 37.1 Å². The van der Waals surface area contributed by atoms with Gasteiger partial charge in [-0.05, 0) is 68.0 Å². The first-order valence-electron chi connectivity index (χ1n) is 11.7. The van der Waals surface area contributed by atoms with Crippen LogP contribution >= 0.6 is 0 Å². The molecule has 0 radical (unpaired) electrons. The summed E-state index contributed by atoms with van der Waals surface area (Å²) in [6.45, 7) is 2.69. The lowest BCUT2D eigenvalue weighted by atomic mass is 10.1. The fourth-order valence-corrected chi connectivity index (χ4v) is 3.63. The molecule has 2 aromatic rings. The zero-order valence-electron chi connectivity index (χ0n) is 19.3. The van der Waals surface area contributed by atoms with Crippen LogP contribution in [0.1, 0.15) is 61.3 Å². The van der Waals surface area contributed by atoms with E-state index in [2.05, 4.69) is 17.4 Å². The molecule has 0 saturated carbocycles. The van der Waals surface area contributed by atoms with E-state index < -0.39 is 6.10 Å². The summed E-state index contributed by atoms with van der Waals surface area (Å²) in [4.78, 5) is 0. The Morgan fingerprint density at radius 2 is 1.66 bits per heavy atom. The minimum atomic E-state index is -0.655. The van der Waals surface area contributed by atoms with Gasteiger partial charge in [0.05, 0.1) is 19.8 Å². The van der Waals surface area contributed by atoms with Crippen LogP contribution in [0.25, 0.3) is 0 Å². The van der Waals surface area contributed by atoms with Gasteiger partial charge in [0.15, 0.2) is 0 Å². The quantitative estimate of drug-likeness (QED) is 0.274. The Morgan fingerprint density at radius 1 is 0.906 bits per heavy atom. The number of unbranched alkanes of at least 4 members (excludes halogenated alkanes) is 4. The number of benzene rings is 2. The summed E-state index contributed by atoms with van der Waals surface area (Å²) < 4.78 is 11.1. The Balaban J connectivity index is 1.41. The highest BCUT2D eigenvalue weighted by molar-refractivity contribution is 5.36. The lowest BCUT2D eigenvalue weighted by molar-refractivity contribution is 0.126. The van der Waals surface area contributed by atoms with E-state index in [1.165, 1.54) is 11.6 Å². The van der Waals surface area contributed by atoms with Crippen molar-refractivity contribution in [3.05, 3.63) is 59.2 Å². The van der Waals surface area contributed by atoms with E-state index in [0.29, 0.717) is 17.7 Å². The van der Waals surface area contributed by atoms with Crippen molar-refractivity contribution < 1.29 is 24.8 Å². The third-order valence-electron chi connectivity index (χ3n) is 5.57. The third kappa shape index (κ3) is 9.57. The second kappa shape index (κ2) is 15.6. The molecule has 0 saturated heterocycles. The van der Waals surface area contributed by atoms with Gasteiger partial charge in [-0.25, -0.2) is 0 Å². The van der Waals surface area contributed by atoms with Crippen molar-refractivity contribution in [1.29, 1.82) is 0 Å². The number of aliphatic hydroxyl groups is 2. The molecule has 2 aromatic carbocycles. The predicted molar refractivity (Wildman–Crippen MR) is 127 cm³/mol.